The van der Waals surface area contributed by atoms with Gasteiger partial charge in [-0.1, -0.05) is 26.7 Å². The molecule has 2 rings (SSSR count). The molecule has 1 saturated heterocycles. The van der Waals surface area contributed by atoms with Crippen LogP contribution in [0.25, 0.3) is 0 Å². The second-order valence-electron chi connectivity index (χ2n) is 7.09. The van der Waals surface area contributed by atoms with E-state index in [4.69, 9.17) is 10.5 Å². The standard InChI is InChI=1S/C16H30N2O2/c1-16(2)8-5-4-6-14(16)15(19)18-9-7-13(20-3)10-12(18)11-17/h12-14H,4-11,17H2,1-3H3. The number of piperidine rings is 1. The van der Waals surface area contributed by atoms with Crippen LogP contribution in [-0.2, 0) is 9.53 Å². The minimum atomic E-state index is 0.132. The van der Waals surface area contributed by atoms with Gasteiger partial charge in [0.2, 0.25) is 5.91 Å². The molecule has 116 valence electrons. The van der Waals surface area contributed by atoms with Crippen molar-refractivity contribution >= 4 is 5.91 Å². The maximum absolute atomic E-state index is 13.0. The van der Waals surface area contributed by atoms with Crippen LogP contribution in [0.4, 0.5) is 0 Å². The smallest absolute Gasteiger partial charge is 0.226 e. The highest BCUT2D eigenvalue weighted by molar-refractivity contribution is 5.80. The van der Waals surface area contributed by atoms with Gasteiger partial charge in [0.15, 0.2) is 0 Å². The Hall–Kier alpha value is -0.610. The molecule has 2 aliphatic rings. The summed E-state index contributed by atoms with van der Waals surface area (Å²) in [6.07, 6.45) is 6.70. The lowest BCUT2D eigenvalue weighted by Crippen LogP contribution is -2.54. The molecule has 20 heavy (non-hydrogen) atoms. The van der Waals surface area contributed by atoms with E-state index in [0.29, 0.717) is 12.5 Å². The summed E-state index contributed by atoms with van der Waals surface area (Å²) < 4.78 is 5.44. The lowest BCUT2D eigenvalue weighted by Gasteiger charge is -2.45. The summed E-state index contributed by atoms with van der Waals surface area (Å²) in [6.45, 7) is 5.83. The van der Waals surface area contributed by atoms with E-state index in [1.54, 1.807) is 7.11 Å². The van der Waals surface area contributed by atoms with Crippen LogP contribution >= 0.6 is 0 Å². The van der Waals surface area contributed by atoms with E-state index in [1.807, 2.05) is 4.90 Å². The lowest BCUT2D eigenvalue weighted by atomic mass is 9.68. The molecule has 0 aromatic rings. The Morgan fingerprint density at radius 2 is 2.10 bits per heavy atom. The molecule has 1 aliphatic carbocycles. The van der Waals surface area contributed by atoms with Crippen LogP contribution in [0.3, 0.4) is 0 Å². The number of likely N-dealkylation sites (tertiary alicyclic amines) is 1. The number of nitrogens with zero attached hydrogens (tertiary/aromatic N) is 1. The van der Waals surface area contributed by atoms with Crippen molar-refractivity contribution in [3.05, 3.63) is 0 Å². The van der Waals surface area contributed by atoms with Crippen molar-refractivity contribution in [1.29, 1.82) is 0 Å². The number of amides is 1. The molecule has 2 fully saturated rings. The van der Waals surface area contributed by atoms with Gasteiger partial charge in [0.05, 0.1) is 6.10 Å². The quantitative estimate of drug-likeness (QED) is 0.863. The molecule has 3 atom stereocenters. The minimum Gasteiger partial charge on any atom is -0.381 e. The van der Waals surface area contributed by atoms with Gasteiger partial charge >= 0.3 is 0 Å². The molecule has 4 nitrogen and oxygen atoms in total. The molecule has 1 amide bonds. The number of carbonyl (C=O) groups excluding carboxylic acids is 1. The highest BCUT2D eigenvalue weighted by Crippen LogP contribution is 2.42. The van der Waals surface area contributed by atoms with Gasteiger partial charge in [0.1, 0.15) is 0 Å². The summed E-state index contributed by atoms with van der Waals surface area (Å²) in [7, 11) is 1.75. The fraction of sp³-hybridized carbons (Fsp3) is 0.938. The van der Waals surface area contributed by atoms with Gasteiger partial charge in [-0.05, 0) is 31.1 Å². The van der Waals surface area contributed by atoms with Crippen LogP contribution in [0.1, 0.15) is 52.4 Å². The monoisotopic (exact) mass is 282 g/mol. The average molecular weight is 282 g/mol. The van der Waals surface area contributed by atoms with E-state index in [0.717, 1.165) is 32.2 Å². The van der Waals surface area contributed by atoms with Crippen molar-refractivity contribution in [2.24, 2.45) is 17.1 Å². The van der Waals surface area contributed by atoms with Gasteiger partial charge < -0.3 is 15.4 Å². The molecule has 2 N–H and O–H groups in total. The first-order valence-electron chi connectivity index (χ1n) is 8.03. The van der Waals surface area contributed by atoms with Crippen LogP contribution in [0, 0.1) is 11.3 Å². The topological polar surface area (TPSA) is 55.6 Å². The first kappa shape index (κ1) is 15.8. The second kappa shape index (κ2) is 6.44. The number of nitrogens with two attached hydrogens (primary N) is 1. The number of ether oxygens (including phenoxy) is 1. The van der Waals surface area contributed by atoms with Gasteiger partial charge in [-0.3, -0.25) is 4.79 Å². The second-order valence-corrected chi connectivity index (χ2v) is 7.09. The van der Waals surface area contributed by atoms with Gasteiger partial charge in [-0.2, -0.15) is 0 Å². The van der Waals surface area contributed by atoms with Crippen LogP contribution in [0.5, 0.6) is 0 Å². The van der Waals surface area contributed by atoms with E-state index in [9.17, 15) is 4.79 Å². The first-order valence-corrected chi connectivity index (χ1v) is 8.03. The Morgan fingerprint density at radius 1 is 1.35 bits per heavy atom. The fourth-order valence-electron chi connectivity index (χ4n) is 3.89. The van der Waals surface area contributed by atoms with E-state index in [2.05, 4.69) is 13.8 Å². The Balaban J connectivity index is 2.07. The number of hydrogen-bond donors (Lipinski definition) is 1. The molecule has 1 saturated carbocycles. The number of rotatable bonds is 3. The van der Waals surface area contributed by atoms with Crippen molar-refractivity contribution in [2.45, 2.75) is 64.5 Å². The average Bonchev–Trinajstić information content (AvgIpc) is 2.45. The Kier molecular flexibility index (Phi) is 5.08. The highest BCUT2D eigenvalue weighted by atomic mass is 16.5. The SMILES string of the molecule is COC1CCN(C(=O)C2CCCCC2(C)C)C(CN)C1. The Labute approximate surface area is 123 Å². The molecule has 4 heteroatoms. The van der Waals surface area contributed by atoms with Crippen LogP contribution < -0.4 is 5.73 Å². The van der Waals surface area contributed by atoms with Crippen molar-refractivity contribution in [3.63, 3.8) is 0 Å². The van der Waals surface area contributed by atoms with E-state index < -0.39 is 0 Å². The summed E-state index contributed by atoms with van der Waals surface area (Å²) in [4.78, 5) is 15.0. The maximum Gasteiger partial charge on any atom is 0.226 e. The molecule has 0 radical (unpaired) electrons. The van der Waals surface area contributed by atoms with Gasteiger partial charge in [0, 0.05) is 32.2 Å². The number of hydrogen-bond acceptors (Lipinski definition) is 3. The fourth-order valence-corrected chi connectivity index (χ4v) is 3.89. The van der Waals surface area contributed by atoms with E-state index in [-0.39, 0.29) is 23.5 Å². The summed E-state index contributed by atoms with van der Waals surface area (Å²) in [6, 6.07) is 0.152. The third kappa shape index (κ3) is 3.17. The van der Waals surface area contributed by atoms with Crippen molar-refractivity contribution < 1.29 is 9.53 Å². The summed E-state index contributed by atoms with van der Waals surface area (Å²) >= 11 is 0. The number of methoxy groups -OCH3 is 1. The largest absolute Gasteiger partial charge is 0.381 e. The Morgan fingerprint density at radius 3 is 2.70 bits per heavy atom. The van der Waals surface area contributed by atoms with Gasteiger partial charge in [0.25, 0.3) is 0 Å². The zero-order chi connectivity index (χ0) is 14.8. The van der Waals surface area contributed by atoms with Crippen molar-refractivity contribution in [2.75, 3.05) is 20.2 Å². The zero-order valence-corrected chi connectivity index (χ0v) is 13.2. The molecular formula is C16H30N2O2. The zero-order valence-electron chi connectivity index (χ0n) is 13.2. The Bertz CT molecular complexity index is 343. The first-order chi connectivity index (χ1) is 9.49. The predicted molar refractivity (Wildman–Crippen MR) is 80.3 cm³/mol. The molecular weight excluding hydrogens is 252 g/mol. The van der Waals surface area contributed by atoms with Crippen molar-refractivity contribution in [3.8, 4) is 0 Å². The summed E-state index contributed by atoms with van der Waals surface area (Å²) in [5, 5.41) is 0. The third-order valence-electron chi connectivity index (χ3n) is 5.36. The maximum atomic E-state index is 13.0. The molecule has 1 aliphatic heterocycles. The normalized spacial score (nSPS) is 34.0. The molecule has 0 bridgehead atoms. The van der Waals surface area contributed by atoms with Crippen molar-refractivity contribution in [1.82, 2.24) is 4.90 Å². The highest BCUT2D eigenvalue weighted by Gasteiger charge is 2.41. The van der Waals surface area contributed by atoms with Gasteiger partial charge in [-0.15, -0.1) is 0 Å². The lowest BCUT2D eigenvalue weighted by molar-refractivity contribution is -0.146. The third-order valence-corrected chi connectivity index (χ3v) is 5.36. The van der Waals surface area contributed by atoms with E-state index in [1.165, 1.54) is 12.8 Å². The van der Waals surface area contributed by atoms with E-state index >= 15 is 0 Å². The molecule has 0 aromatic carbocycles. The summed E-state index contributed by atoms with van der Waals surface area (Å²) in [5.74, 6) is 0.504. The molecule has 3 unspecified atom stereocenters. The molecule has 0 spiro atoms. The van der Waals surface area contributed by atoms with Crippen LogP contribution in [0.15, 0.2) is 0 Å². The summed E-state index contributed by atoms with van der Waals surface area (Å²) in [5.41, 5.74) is 6.03. The molecule has 0 aromatic heterocycles. The predicted octanol–water partition coefficient (Wildman–Crippen LogP) is 2.17. The van der Waals surface area contributed by atoms with Crippen LogP contribution in [-0.4, -0.2) is 43.2 Å². The van der Waals surface area contributed by atoms with Crippen LogP contribution in [0.2, 0.25) is 0 Å². The minimum absolute atomic E-state index is 0.132. The van der Waals surface area contributed by atoms with Gasteiger partial charge in [-0.25, -0.2) is 0 Å². The number of carbonyl (C=O) groups is 1. The molecule has 1 heterocycles.